The van der Waals surface area contributed by atoms with Gasteiger partial charge in [-0.15, -0.1) is 0 Å². The van der Waals surface area contributed by atoms with Gasteiger partial charge in [0.15, 0.2) is 5.78 Å². The third-order valence-corrected chi connectivity index (χ3v) is 2.97. The van der Waals surface area contributed by atoms with E-state index in [1.54, 1.807) is 0 Å². The van der Waals surface area contributed by atoms with Crippen LogP contribution in [0, 0.1) is 5.92 Å². The van der Waals surface area contributed by atoms with Crippen LogP contribution in [0.15, 0.2) is 6.07 Å². The highest BCUT2D eigenvalue weighted by Gasteiger charge is 2.20. The molecule has 0 saturated carbocycles. The zero-order chi connectivity index (χ0) is 12.1. The molecule has 0 saturated heterocycles. The molecule has 1 atom stereocenters. The van der Waals surface area contributed by atoms with Crippen LogP contribution in [-0.2, 0) is 0 Å². The Morgan fingerprint density at radius 2 is 2.12 bits per heavy atom. The molecule has 3 heteroatoms. The fraction of sp³-hybridized carbons (Fsp3) is 0.692. The number of ketones is 1. The van der Waals surface area contributed by atoms with E-state index in [9.17, 15) is 4.79 Å². The number of hydrogen-bond donors (Lipinski definition) is 1. The summed E-state index contributed by atoms with van der Waals surface area (Å²) in [6.07, 6.45) is 2.90. The van der Waals surface area contributed by atoms with Crippen LogP contribution in [0.4, 0.5) is 0 Å². The summed E-state index contributed by atoms with van der Waals surface area (Å²) in [5.41, 5.74) is 1.64. The van der Waals surface area contributed by atoms with Crippen molar-refractivity contribution < 1.29 is 4.79 Å². The lowest BCUT2D eigenvalue weighted by Crippen LogP contribution is -2.14. The van der Waals surface area contributed by atoms with Gasteiger partial charge in [0, 0.05) is 11.6 Å². The molecule has 1 heterocycles. The van der Waals surface area contributed by atoms with Crippen molar-refractivity contribution in [2.45, 2.75) is 52.9 Å². The van der Waals surface area contributed by atoms with Crippen LogP contribution in [0.2, 0.25) is 0 Å². The van der Waals surface area contributed by atoms with Crippen molar-refractivity contribution in [3.8, 4) is 0 Å². The molecule has 0 fully saturated rings. The standard InChI is InChI=1S/C13H22N2O/c1-5-7-10(6-2)13(16)12-8-11(9(3)4)14-15-12/h8-10H,5-7H2,1-4H3,(H,14,15). The lowest BCUT2D eigenvalue weighted by atomic mass is 9.93. The molecule has 0 radical (unpaired) electrons. The third kappa shape index (κ3) is 2.94. The Hall–Kier alpha value is -1.12. The van der Waals surface area contributed by atoms with Crippen molar-refractivity contribution in [2.75, 3.05) is 0 Å². The maximum Gasteiger partial charge on any atom is 0.186 e. The predicted molar refractivity (Wildman–Crippen MR) is 65.7 cm³/mol. The highest BCUT2D eigenvalue weighted by atomic mass is 16.1. The number of H-pyrrole nitrogens is 1. The van der Waals surface area contributed by atoms with Crippen LogP contribution in [0.25, 0.3) is 0 Å². The number of carbonyl (C=O) groups excluding carboxylic acids is 1. The van der Waals surface area contributed by atoms with Crippen molar-refractivity contribution in [1.29, 1.82) is 0 Å². The van der Waals surface area contributed by atoms with E-state index < -0.39 is 0 Å². The number of carbonyl (C=O) groups is 1. The number of aromatic amines is 1. The molecule has 0 aliphatic heterocycles. The molecule has 0 spiro atoms. The lowest BCUT2D eigenvalue weighted by molar-refractivity contribution is 0.0904. The van der Waals surface area contributed by atoms with Crippen LogP contribution in [0.1, 0.15) is 69.1 Å². The van der Waals surface area contributed by atoms with Crippen LogP contribution in [0.5, 0.6) is 0 Å². The maximum atomic E-state index is 12.1. The molecule has 0 aromatic carbocycles. The molecule has 16 heavy (non-hydrogen) atoms. The Labute approximate surface area is 97.6 Å². The average Bonchev–Trinajstić information content (AvgIpc) is 2.74. The van der Waals surface area contributed by atoms with Gasteiger partial charge in [-0.3, -0.25) is 9.89 Å². The van der Waals surface area contributed by atoms with E-state index in [0.29, 0.717) is 11.6 Å². The Bertz CT molecular complexity index is 341. The Morgan fingerprint density at radius 3 is 2.56 bits per heavy atom. The molecule has 3 nitrogen and oxygen atoms in total. The first-order valence-electron chi connectivity index (χ1n) is 6.19. The average molecular weight is 222 g/mol. The first-order valence-corrected chi connectivity index (χ1v) is 6.19. The topological polar surface area (TPSA) is 45.8 Å². The molecular formula is C13H22N2O. The lowest BCUT2D eigenvalue weighted by Gasteiger charge is -2.09. The van der Waals surface area contributed by atoms with Gasteiger partial charge in [-0.2, -0.15) is 5.10 Å². The minimum atomic E-state index is 0.133. The molecular weight excluding hydrogens is 200 g/mol. The molecule has 1 N–H and O–H groups in total. The van der Waals surface area contributed by atoms with Gasteiger partial charge in [-0.05, 0) is 24.8 Å². The predicted octanol–water partition coefficient (Wildman–Crippen LogP) is 3.54. The first kappa shape index (κ1) is 12.9. The van der Waals surface area contributed by atoms with Gasteiger partial charge in [-0.1, -0.05) is 34.1 Å². The molecule has 1 aromatic rings. The number of nitrogens with zero attached hydrogens (tertiary/aromatic N) is 1. The van der Waals surface area contributed by atoms with Crippen LogP contribution >= 0.6 is 0 Å². The summed E-state index contributed by atoms with van der Waals surface area (Å²) in [4.78, 5) is 12.1. The number of aromatic nitrogens is 2. The number of nitrogens with one attached hydrogen (secondary N) is 1. The van der Waals surface area contributed by atoms with E-state index >= 15 is 0 Å². The van der Waals surface area contributed by atoms with E-state index in [1.807, 2.05) is 6.07 Å². The quantitative estimate of drug-likeness (QED) is 0.748. The molecule has 0 aliphatic carbocycles. The summed E-state index contributed by atoms with van der Waals surface area (Å²) >= 11 is 0. The largest absolute Gasteiger partial charge is 0.292 e. The van der Waals surface area contributed by atoms with Gasteiger partial charge in [-0.25, -0.2) is 0 Å². The number of Topliss-reactive ketones (excluding diaryl/α,β-unsaturated/α-hetero) is 1. The van der Waals surface area contributed by atoms with Crippen LogP contribution < -0.4 is 0 Å². The van der Waals surface area contributed by atoms with Crippen molar-refractivity contribution in [3.05, 3.63) is 17.5 Å². The summed E-state index contributed by atoms with van der Waals surface area (Å²) < 4.78 is 0. The number of rotatable bonds is 6. The molecule has 0 aliphatic rings. The molecule has 1 rings (SSSR count). The fourth-order valence-corrected chi connectivity index (χ4v) is 1.84. The molecule has 1 aromatic heterocycles. The van der Waals surface area contributed by atoms with E-state index in [1.165, 1.54) is 0 Å². The van der Waals surface area contributed by atoms with Crippen LogP contribution in [-0.4, -0.2) is 16.0 Å². The minimum absolute atomic E-state index is 0.133. The molecule has 1 unspecified atom stereocenters. The van der Waals surface area contributed by atoms with Gasteiger partial charge in [0.25, 0.3) is 0 Å². The smallest absolute Gasteiger partial charge is 0.186 e. The highest BCUT2D eigenvalue weighted by Crippen LogP contribution is 2.19. The summed E-state index contributed by atoms with van der Waals surface area (Å²) in [6, 6.07) is 1.89. The molecule has 0 amide bonds. The second-order valence-electron chi connectivity index (χ2n) is 4.62. The Balaban J connectivity index is 2.78. The van der Waals surface area contributed by atoms with E-state index in [-0.39, 0.29) is 11.7 Å². The second-order valence-corrected chi connectivity index (χ2v) is 4.62. The van der Waals surface area contributed by atoms with Gasteiger partial charge in [0.05, 0.1) is 0 Å². The second kappa shape index (κ2) is 5.83. The van der Waals surface area contributed by atoms with Gasteiger partial charge < -0.3 is 0 Å². The summed E-state index contributed by atoms with van der Waals surface area (Å²) in [5.74, 6) is 0.709. The van der Waals surface area contributed by atoms with E-state index in [4.69, 9.17) is 0 Å². The summed E-state index contributed by atoms with van der Waals surface area (Å²) in [5, 5.41) is 7.05. The van der Waals surface area contributed by atoms with E-state index in [2.05, 4.69) is 37.9 Å². The monoisotopic (exact) mass is 222 g/mol. The summed E-state index contributed by atoms with van der Waals surface area (Å²) in [6.45, 7) is 8.35. The fourth-order valence-electron chi connectivity index (χ4n) is 1.84. The zero-order valence-corrected chi connectivity index (χ0v) is 10.7. The third-order valence-electron chi connectivity index (χ3n) is 2.97. The first-order chi connectivity index (χ1) is 7.60. The van der Waals surface area contributed by atoms with Crippen molar-refractivity contribution in [1.82, 2.24) is 10.2 Å². The van der Waals surface area contributed by atoms with Gasteiger partial charge in [0.1, 0.15) is 5.69 Å². The van der Waals surface area contributed by atoms with Crippen molar-refractivity contribution in [2.24, 2.45) is 5.92 Å². The molecule has 90 valence electrons. The number of hydrogen-bond acceptors (Lipinski definition) is 2. The zero-order valence-electron chi connectivity index (χ0n) is 10.7. The van der Waals surface area contributed by atoms with Gasteiger partial charge in [0.2, 0.25) is 0 Å². The minimum Gasteiger partial charge on any atom is -0.292 e. The Morgan fingerprint density at radius 1 is 1.44 bits per heavy atom. The van der Waals surface area contributed by atoms with Crippen molar-refractivity contribution >= 4 is 5.78 Å². The van der Waals surface area contributed by atoms with Crippen molar-refractivity contribution in [3.63, 3.8) is 0 Å². The SMILES string of the molecule is CCCC(CC)C(=O)c1cc(C(C)C)[nH]n1. The Kier molecular flexibility index (Phi) is 4.71. The highest BCUT2D eigenvalue weighted by molar-refractivity contribution is 5.96. The normalized spacial score (nSPS) is 13.1. The maximum absolute atomic E-state index is 12.1. The summed E-state index contributed by atoms with van der Waals surface area (Å²) in [7, 11) is 0. The van der Waals surface area contributed by atoms with Gasteiger partial charge >= 0.3 is 0 Å². The van der Waals surface area contributed by atoms with Crippen LogP contribution in [0.3, 0.4) is 0 Å². The molecule has 0 bridgehead atoms. The van der Waals surface area contributed by atoms with E-state index in [0.717, 1.165) is 25.0 Å².